The van der Waals surface area contributed by atoms with E-state index in [4.69, 9.17) is 4.74 Å². The van der Waals surface area contributed by atoms with Crippen LogP contribution in [0.1, 0.15) is 30.0 Å². The van der Waals surface area contributed by atoms with Crippen LogP contribution in [0.4, 0.5) is 0 Å². The van der Waals surface area contributed by atoms with Crippen molar-refractivity contribution in [2.45, 2.75) is 25.7 Å². The second kappa shape index (κ2) is 4.65. The zero-order valence-corrected chi connectivity index (χ0v) is 11.0. The van der Waals surface area contributed by atoms with Gasteiger partial charge < -0.3 is 15.0 Å². The second-order valence-corrected chi connectivity index (χ2v) is 5.18. The number of aromatic amines is 1. The fourth-order valence-corrected chi connectivity index (χ4v) is 2.87. The van der Waals surface area contributed by atoms with Crippen LogP contribution < -0.4 is 10.1 Å². The van der Waals surface area contributed by atoms with E-state index in [-0.39, 0.29) is 0 Å². The van der Waals surface area contributed by atoms with Crippen molar-refractivity contribution in [1.82, 2.24) is 10.3 Å². The minimum absolute atomic E-state index is 0.622. The normalized spacial score (nSPS) is 20.2. The van der Waals surface area contributed by atoms with Gasteiger partial charge in [0.15, 0.2) is 0 Å². The maximum Gasteiger partial charge on any atom is 0.119 e. The summed E-state index contributed by atoms with van der Waals surface area (Å²) in [6.07, 6.45) is 2.54. The molecule has 1 fully saturated rings. The molecule has 0 radical (unpaired) electrons. The highest BCUT2D eigenvalue weighted by Gasteiger charge is 2.17. The Morgan fingerprint density at radius 3 is 2.89 bits per heavy atom. The number of aryl methyl sites for hydroxylation is 1. The maximum atomic E-state index is 5.33. The number of fused-ring (bicyclic) bond motifs is 1. The van der Waals surface area contributed by atoms with Gasteiger partial charge in [0, 0.05) is 29.1 Å². The molecule has 2 heterocycles. The van der Waals surface area contributed by atoms with E-state index in [1.807, 2.05) is 0 Å². The molecule has 1 unspecified atom stereocenters. The van der Waals surface area contributed by atoms with Gasteiger partial charge in [0.25, 0.3) is 0 Å². The Balaban J connectivity index is 2.01. The number of hydrogen-bond acceptors (Lipinski definition) is 2. The molecule has 1 aliphatic heterocycles. The van der Waals surface area contributed by atoms with Crippen LogP contribution in [0, 0.1) is 6.92 Å². The van der Waals surface area contributed by atoms with Crippen LogP contribution in [0.25, 0.3) is 10.9 Å². The monoisotopic (exact) mass is 244 g/mol. The Hall–Kier alpha value is -1.48. The van der Waals surface area contributed by atoms with Gasteiger partial charge in [-0.1, -0.05) is 0 Å². The Kier molecular flexibility index (Phi) is 3.00. The topological polar surface area (TPSA) is 37.0 Å². The zero-order valence-electron chi connectivity index (χ0n) is 11.0. The Bertz CT molecular complexity index is 553. The van der Waals surface area contributed by atoms with E-state index in [0.717, 1.165) is 18.8 Å². The van der Waals surface area contributed by atoms with E-state index < -0.39 is 0 Å². The van der Waals surface area contributed by atoms with Gasteiger partial charge in [-0.3, -0.25) is 0 Å². The molecule has 0 saturated carbocycles. The lowest BCUT2D eigenvalue weighted by atomic mass is 9.96. The van der Waals surface area contributed by atoms with E-state index in [1.54, 1.807) is 7.11 Å². The molecule has 0 bridgehead atoms. The number of nitrogens with one attached hydrogen (secondary N) is 2. The number of rotatable bonds is 2. The third-order valence-electron chi connectivity index (χ3n) is 3.89. The molecular weight excluding hydrogens is 224 g/mol. The zero-order chi connectivity index (χ0) is 12.5. The van der Waals surface area contributed by atoms with Crippen molar-refractivity contribution in [1.29, 1.82) is 0 Å². The molecule has 3 heteroatoms. The van der Waals surface area contributed by atoms with Crippen LogP contribution >= 0.6 is 0 Å². The van der Waals surface area contributed by atoms with E-state index in [9.17, 15) is 0 Å². The Morgan fingerprint density at radius 1 is 1.28 bits per heavy atom. The number of piperidine rings is 1. The molecule has 96 valence electrons. The minimum Gasteiger partial charge on any atom is -0.497 e. The number of aromatic nitrogens is 1. The van der Waals surface area contributed by atoms with Gasteiger partial charge in [0.05, 0.1) is 7.11 Å². The number of methoxy groups -OCH3 is 1. The van der Waals surface area contributed by atoms with Gasteiger partial charge in [-0.05, 0) is 50.1 Å². The Morgan fingerprint density at radius 2 is 2.17 bits per heavy atom. The van der Waals surface area contributed by atoms with Crippen molar-refractivity contribution < 1.29 is 4.74 Å². The summed E-state index contributed by atoms with van der Waals surface area (Å²) in [5, 5.41) is 4.73. The fraction of sp³-hybridized carbons (Fsp3) is 0.467. The maximum absolute atomic E-state index is 5.33. The van der Waals surface area contributed by atoms with Gasteiger partial charge in [-0.2, -0.15) is 0 Å². The van der Waals surface area contributed by atoms with Crippen molar-refractivity contribution in [2.24, 2.45) is 0 Å². The quantitative estimate of drug-likeness (QED) is 0.852. The molecular formula is C15H20N2O. The lowest BCUT2D eigenvalue weighted by molar-refractivity contribution is 0.415. The highest BCUT2D eigenvalue weighted by molar-refractivity contribution is 5.85. The molecule has 0 amide bonds. The van der Waals surface area contributed by atoms with Crippen LogP contribution in [0.15, 0.2) is 18.2 Å². The first kappa shape index (κ1) is 11.6. The first-order valence-electron chi connectivity index (χ1n) is 6.66. The molecule has 3 nitrogen and oxygen atoms in total. The molecule has 2 N–H and O–H groups in total. The second-order valence-electron chi connectivity index (χ2n) is 5.18. The van der Waals surface area contributed by atoms with Crippen LogP contribution in [0.2, 0.25) is 0 Å². The predicted octanol–water partition coefficient (Wildman–Crippen LogP) is 2.95. The largest absolute Gasteiger partial charge is 0.497 e. The van der Waals surface area contributed by atoms with Crippen LogP contribution in [0.5, 0.6) is 5.75 Å². The van der Waals surface area contributed by atoms with E-state index in [2.05, 4.69) is 35.4 Å². The standard InChI is InChI=1S/C15H20N2O/c1-10-6-13(18-2)7-12-8-14(17-15(10)12)11-4-3-5-16-9-11/h6-8,11,16-17H,3-5,9H2,1-2H3. The van der Waals surface area contributed by atoms with Gasteiger partial charge in [0.1, 0.15) is 5.75 Å². The van der Waals surface area contributed by atoms with Crippen LogP contribution in [0.3, 0.4) is 0 Å². The lowest BCUT2D eigenvalue weighted by Crippen LogP contribution is -2.28. The molecule has 1 atom stereocenters. The van der Waals surface area contributed by atoms with Gasteiger partial charge in [-0.25, -0.2) is 0 Å². The number of H-pyrrole nitrogens is 1. The molecule has 1 aliphatic rings. The molecule has 0 spiro atoms. The van der Waals surface area contributed by atoms with E-state index in [0.29, 0.717) is 5.92 Å². The lowest BCUT2D eigenvalue weighted by Gasteiger charge is -2.21. The van der Waals surface area contributed by atoms with Crippen molar-refractivity contribution in [3.05, 3.63) is 29.5 Å². The third kappa shape index (κ3) is 1.99. The first-order chi connectivity index (χ1) is 8.78. The molecule has 1 saturated heterocycles. The number of ether oxygens (including phenoxy) is 1. The highest BCUT2D eigenvalue weighted by Crippen LogP contribution is 2.30. The summed E-state index contributed by atoms with van der Waals surface area (Å²) in [6, 6.07) is 6.48. The van der Waals surface area contributed by atoms with Crippen LogP contribution in [-0.2, 0) is 0 Å². The summed E-state index contributed by atoms with van der Waals surface area (Å²) in [4.78, 5) is 3.59. The molecule has 18 heavy (non-hydrogen) atoms. The first-order valence-corrected chi connectivity index (χ1v) is 6.66. The Labute approximate surface area is 108 Å². The summed E-state index contributed by atoms with van der Waals surface area (Å²) < 4.78 is 5.33. The van der Waals surface area contributed by atoms with Gasteiger partial charge in [-0.15, -0.1) is 0 Å². The average molecular weight is 244 g/mol. The molecule has 1 aromatic heterocycles. The van der Waals surface area contributed by atoms with Crippen molar-refractivity contribution >= 4 is 10.9 Å². The van der Waals surface area contributed by atoms with Crippen molar-refractivity contribution in [3.8, 4) is 5.75 Å². The SMILES string of the molecule is COc1cc(C)c2[nH]c(C3CCCNC3)cc2c1. The molecule has 0 aliphatic carbocycles. The highest BCUT2D eigenvalue weighted by atomic mass is 16.5. The van der Waals surface area contributed by atoms with E-state index >= 15 is 0 Å². The molecule has 3 rings (SSSR count). The minimum atomic E-state index is 0.622. The summed E-state index contributed by atoms with van der Waals surface area (Å²) in [5.74, 6) is 1.56. The smallest absolute Gasteiger partial charge is 0.119 e. The molecule has 1 aromatic carbocycles. The number of hydrogen-bond donors (Lipinski definition) is 2. The van der Waals surface area contributed by atoms with E-state index in [1.165, 1.54) is 35.0 Å². The predicted molar refractivity (Wildman–Crippen MR) is 74.4 cm³/mol. The van der Waals surface area contributed by atoms with Crippen molar-refractivity contribution in [2.75, 3.05) is 20.2 Å². The average Bonchev–Trinajstić information content (AvgIpc) is 2.84. The fourth-order valence-electron chi connectivity index (χ4n) is 2.87. The van der Waals surface area contributed by atoms with Gasteiger partial charge >= 0.3 is 0 Å². The summed E-state index contributed by atoms with van der Waals surface area (Å²) in [6.45, 7) is 4.37. The third-order valence-corrected chi connectivity index (χ3v) is 3.89. The number of benzene rings is 1. The van der Waals surface area contributed by atoms with Crippen LogP contribution in [-0.4, -0.2) is 25.2 Å². The summed E-state index contributed by atoms with van der Waals surface area (Å²) in [5.41, 5.74) is 3.85. The summed E-state index contributed by atoms with van der Waals surface area (Å²) >= 11 is 0. The molecule has 2 aromatic rings. The van der Waals surface area contributed by atoms with Gasteiger partial charge in [0.2, 0.25) is 0 Å². The van der Waals surface area contributed by atoms with Crippen molar-refractivity contribution in [3.63, 3.8) is 0 Å². The summed E-state index contributed by atoms with van der Waals surface area (Å²) in [7, 11) is 1.72.